The van der Waals surface area contributed by atoms with Crippen molar-refractivity contribution < 1.29 is 26.7 Å². The zero-order valence-corrected chi connectivity index (χ0v) is 19.7. The molecule has 35 heavy (non-hydrogen) atoms. The molecule has 190 valence electrons. The van der Waals surface area contributed by atoms with Crippen molar-refractivity contribution in [3.63, 3.8) is 0 Å². The summed E-state index contributed by atoms with van der Waals surface area (Å²) in [7, 11) is 1.44. The van der Waals surface area contributed by atoms with Gasteiger partial charge in [0, 0.05) is 41.6 Å². The fourth-order valence-electron chi connectivity index (χ4n) is 4.47. The molecule has 0 spiro atoms. The van der Waals surface area contributed by atoms with Crippen LogP contribution < -0.4 is 15.8 Å². The molecule has 2 unspecified atom stereocenters. The first-order valence-electron chi connectivity index (χ1n) is 10.9. The van der Waals surface area contributed by atoms with Gasteiger partial charge >= 0.3 is 6.18 Å². The van der Waals surface area contributed by atoms with Crippen molar-refractivity contribution in [1.82, 2.24) is 14.9 Å². The summed E-state index contributed by atoms with van der Waals surface area (Å²) in [5, 5.41) is 12.8. The number of hydrogen-bond donors (Lipinski definition) is 2. The third-order valence-electron chi connectivity index (χ3n) is 6.28. The summed E-state index contributed by atoms with van der Waals surface area (Å²) in [4.78, 5) is 9.21. The topological polar surface area (TPSA) is 100 Å². The van der Waals surface area contributed by atoms with Crippen molar-refractivity contribution in [3.8, 4) is 11.8 Å². The van der Waals surface area contributed by atoms with Crippen LogP contribution in [0.15, 0.2) is 12.4 Å². The summed E-state index contributed by atoms with van der Waals surface area (Å²) in [6, 6.07) is 3.19. The molecule has 0 saturated carbocycles. The number of hydrogen-bond acceptors (Lipinski definition) is 7. The molecule has 0 aliphatic carbocycles. The van der Waals surface area contributed by atoms with Crippen molar-refractivity contribution in [1.29, 1.82) is 5.26 Å². The highest BCUT2D eigenvalue weighted by Gasteiger charge is 2.40. The van der Waals surface area contributed by atoms with Gasteiger partial charge in [0.05, 0.1) is 31.3 Å². The highest BCUT2D eigenvalue weighted by atomic mass is 19.4. The summed E-state index contributed by atoms with van der Waals surface area (Å²) in [6.45, 7) is 4.13. The number of nitrogen functional groups attached to an aromatic ring is 1. The minimum atomic E-state index is -4.30. The molecule has 0 radical (unpaired) electrons. The average Bonchev–Trinajstić information content (AvgIpc) is 2.74. The number of halogens is 5. The predicted molar refractivity (Wildman–Crippen MR) is 121 cm³/mol. The molecule has 1 aromatic heterocycles. The van der Waals surface area contributed by atoms with Crippen LogP contribution in [0, 0.1) is 18.3 Å². The number of nitrogens with zero attached hydrogens (tertiary/aromatic N) is 4. The van der Waals surface area contributed by atoms with E-state index in [4.69, 9.17) is 10.5 Å². The first-order chi connectivity index (χ1) is 16.4. The number of anilines is 2. The molecular formula is C23H27F5N6O. The zero-order chi connectivity index (χ0) is 26.1. The van der Waals surface area contributed by atoms with E-state index in [1.54, 1.807) is 19.9 Å². The van der Waals surface area contributed by atoms with E-state index in [0.717, 1.165) is 6.33 Å². The second-order valence-electron chi connectivity index (χ2n) is 8.71. The predicted octanol–water partition coefficient (Wildman–Crippen LogP) is 4.75. The molecule has 1 aliphatic rings. The summed E-state index contributed by atoms with van der Waals surface area (Å²) >= 11 is 0. The Bertz CT molecular complexity index is 1110. The van der Waals surface area contributed by atoms with Gasteiger partial charge in [-0.1, -0.05) is 6.92 Å². The molecule has 1 aromatic carbocycles. The van der Waals surface area contributed by atoms with Crippen molar-refractivity contribution in [3.05, 3.63) is 40.2 Å². The van der Waals surface area contributed by atoms with Gasteiger partial charge in [0.15, 0.2) is 0 Å². The van der Waals surface area contributed by atoms with Gasteiger partial charge in [-0.25, -0.2) is 18.7 Å². The van der Waals surface area contributed by atoms with Gasteiger partial charge in [0.2, 0.25) is 6.43 Å². The van der Waals surface area contributed by atoms with Gasteiger partial charge in [0.25, 0.3) is 0 Å². The van der Waals surface area contributed by atoms with E-state index in [1.165, 1.54) is 18.9 Å². The van der Waals surface area contributed by atoms with Crippen LogP contribution in [0.2, 0.25) is 0 Å². The van der Waals surface area contributed by atoms with Gasteiger partial charge < -0.3 is 15.8 Å². The largest absolute Gasteiger partial charge is 0.496 e. The molecule has 2 heterocycles. The van der Waals surface area contributed by atoms with Crippen molar-refractivity contribution in [2.24, 2.45) is 0 Å². The second kappa shape index (κ2) is 10.2. The SMILES string of the molecule is COc1c(C(C)Nc2ncnc(N)c2C(C)C(F)F)cc(C#N)c(C)c1C1CN(CC(F)(F)F)C1. The lowest BCUT2D eigenvalue weighted by Gasteiger charge is -2.41. The number of methoxy groups -OCH3 is 1. The number of nitriles is 1. The van der Waals surface area contributed by atoms with Crippen LogP contribution >= 0.6 is 0 Å². The number of nitrogens with one attached hydrogen (secondary N) is 1. The lowest BCUT2D eigenvalue weighted by atomic mass is 9.83. The molecular weight excluding hydrogens is 471 g/mol. The van der Waals surface area contributed by atoms with E-state index < -0.39 is 31.1 Å². The Morgan fingerprint density at radius 3 is 2.49 bits per heavy atom. The molecule has 2 atom stereocenters. The maximum Gasteiger partial charge on any atom is 0.401 e. The van der Waals surface area contributed by atoms with Crippen molar-refractivity contribution in [2.45, 2.75) is 51.3 Å². The number of ether oxygens (including phenoxy) is 1. The molecule has 3 N–H and O–H groups in total. The van der Waals surface area contributed by atoms with Gasteiger partial charge in [-0.3, -0.25) is 4.90 Å². The fraction of sp³-hybridized carbons (Fsp3) is 0.522. The molecule has 0 amide bonds. The summed E-state index contributed by atoms with van der Waals surface area (Å²) in [6.07, 6.45) is -5.83. The third-order valence-corrected chi connectivity index (χ3v) is 6.28. The molecule has 1 fully saturated rings. The van der Waals surface area contributed by atoms with E-state index in [-0.39, 0.29) is 36.2 Å². The van der Waals surface area contributed by atoms with Crippen LogP contribution in [0.4, 0.5) is 33.6 Å². The highest BCUT2D eigenvalue weighted by molar-refractivity contribution is 5.61. The van der Waals surface area contributed by atoms with E-state index in [0.29, 0.717) is 28.0 Å². The van der Waals surface area contributed by atoms with Crippen LogP contribution in [-0.2, 0) is 0 Å². The normalized spacial score (nSPS) is 16.5. The van der Waals surface area contributed by atoms with Crippen LogP contribution in [0.3, 0.4) is 0 Å². The van der Waals surface area contributed by atoms with Gasteiger partial charge in [-0.2, -0.15) is 18.4 Å². The quantitative estimate of drug-likeness (QED) is 0.507. The third kappa shape index (κ3) is 5.56. The van der Waals surface area contributed by atoms with E-state index in [2.05, 4.69) is 21.4 Å². The maximum absolute atomic E-state index is 13.4. The average molecular weight is 499 g/mol. The fourth-order valence-corrected chi connectivity index (χ4v) is 4.47. The van der Waals surface area contributed by atoms with Crippen LogP contribution in [0.1, 0.15) is 59.5 Å². The van der Waals surface area contributed by atoms with E-state index in [9.17, 15) is 27.2 Å². The molecule has 12 heteroatoms. The molecule has 7 nitrogen and oxygen atoms in total. The number of alkyl halides is 5. The minimum Gasteiger partial charge on any atom is -0.496 e. The number of rotatable bonds is 8. The molecule has 0 bridgehead atoms. The van der Waals surface area contributed by atoms with Crippen molar-refractivity contribution >= 4 is 11.6 Å². The smallest absolute Gasteiger partial charge is 0.401 e. The Morgan fingerprint density at radius 2 is 1.94 bits per heavy atom. The Balaban J connectivity index is 1.99. The Hall–Kier alpha value is -3.20. The van der Waals surface area contributed by atoms with E-state index >= 15 is 0 Å². The van der Waals surface area contributed by atoms with Crippen molar-refractivity contribution in [2.75, 3.05) is 37.8 Å². The lowest BCUT2D eigenvalue weighted by molar-refractivity contribution is -0.154. The highest BCUT2D eigenvalue weighted by Crippen LogP contribution is 2.43. The zero-order valence-electron chi connectivity index (χ0n) is 19.7. The summed E-state index contributed by atoms with van der Waals surface area (Å²) in [5.41, 5.74) is 8.13. The first kappa shape index (κ1) is 26.4. The van der Waals surface area contributed by atoms with Gasteiger partial charge in [-0.05, 0) is 25.5 Å². The standard InChI is InChI=1S/C23H27F5N6O/c1-11-14(6-29)5-16(19(35-4)17(11)15-7-34(8-15)9-23(26,27)28)13(3)33-22-18(12(2)20(24)25)21(30)31-10-32-22/h5,10,12-13,15,20H,7-9H2,1-4H3,(H3,30,31,32,33). The lowest BCUT2D eigenvalue weighted by Crippen LogP contribution is -2.49. The molecule has 3 rings (SSSR count). The van der Waals surface area contributed by atoms with Gasteiger partial charge in [-0.15, -0.1) is 0 Å². The number of nitrogens with two attached hydrogens (primary N) is 1. The van der Waals surface area contributed by atoms with Crippen LogP contribution in [0.25, 0.3) is 0 Å². The monoisotopic (exact) mass is 498 g/mol. The number of likely N-dealkylation sites (tertiary alicyclic amines) is 1. The second-order valence-corrected chi connectivity index (χ2v) is 8.71. The Morgan fingerprint density at radius 1 is 1.29 bits per heavy atom. The minimum absolute atomic E-state index is 0.0722. The summed E-state index contributed by atoms with van der Waals surface area (Å²) in [5.74, 6) is -0.999. The molecule has 1 saturated heterocycles. The van der Waals surface area contributed by atoms with Crippen LogP contribution in [0.5, 0.6) is 5.75 Å². The molecule has 2 aromatic rings. The number of benzene rings is 1. The molecule has 1 aliphatic heterocycles. The van der Waals surface area contributed by atoms with Crippen LogP contribution in [-0.4, -0.2) is 54.2 Å². The first-order valence-corrected chi connectivity index (χ1v) is 10.9. The van der Waals surface area contributed by atoms with E-state index in [1.807, 2.05) is 0 Å². The number of aromatic nitrogens is 2. The summed E-state index contributed by atoms with van der Waals surface area (Å²) < 4.78 is 70.9. The Labute approximate surface area is 200 Å². The Kier molecular flexibility index (Phi) is 7.69. The van der Waals surface area contributed by atoms with Gasteiger partial charge in [0.1, 0.15) is 23.7 Å². The maximum atomic E-state index is 13.4.